The molecule has 3 aromatic rings. The Bertz CT molecular complexity index is 622. The van der Waals surface area contributed by atoms with Crippen molar-refractivity contribution >= 4 is 0 Å². The summed E-state index contributed by atoms with van der Waals surface area (Å²) in [5.41, 5.74) is 4.04. The first-order valence-corrected chi connectivity index (χ1v) is 5.46. The second kappa shape index (κ2) is 3.90. The van der Waals surface area contributed by atoms with Crippen LogP contribution in [0.4, 0.5) is 0 Å². The number of pyridine rings is 1. The van der Waals surface area contributed by atoms with Crippen LogP contribution in [0.5, 0.6) is 0 Å². The van der Waals surface area contributed by atoms with Crippen molar-refractivity contribution < 1.29 is 0 Å². The number of nitrogens with one attached hydrogen (secondary N) is 1. The summed E-state index contributed by atoms with van der Waals surface area (Å²) < 4.78 is 1.90. The van der Waals surface area contributed by atoms with Crippen LogP contribution in [0.25, 0.3) is 17.1 Å². The smallest absolute Gasteiger partial charge is 0.0903 e. The molecule has 0 aliphatic carbocycles. The lowest BCUT2D eigenvalue weighted by Crippen LogP contribution is -2.02. The minimum atomic E-state index is 0.962. The number of hydrogen-bond donors (Lipinski definition) is 1. The first kappa shape index (κ1) is 9.84. The zero-order valence-corrected chi connectivity index (χ0v) is 9.46. The monoisotopic (exact) mass is 224 g/mol. The lowest BCUT2D eigenvalue weighted by atomic mass is 10.2. The third kappa shape index (κ3) is 1.63. The Hall–Kier alpha value is -2.36. The van der Waals surface area contributed by atoms with Crippen LogP contribution in [0, 0.1) is 6.92 Å². The van der Waals surface area contributed by atoms with Crippen LogP contribution in [0.15, 0.2) is 48.9 Å². The molecule has 3 heterocycles. The third-order valence-corrected chi connectivity index (χ3v) is 2.72. The van der Waals surface area contributed by atoms with Crippen LogP contribution < -0.4 is 0 Å². The molecule has 17 heavy (non-hydrogen) atoms. The molecule has 84 valence electrons. The molecule has 0 aliphatic rings. The number of aromatic amines is 1. The molecule has 0 aliphatic heterocycles. The maximum atomic E-state index is 4.36. The van der Waals surface area contributed by atoms with E-state index >= 15 is 0 Å². The Morgan fingerprint density at radius 3 is 2.82 bits per heavy atom. The Morgan fingerprint density at radius 2 is 2.06 bits per heavy atom. The molecular formula is C13H12N4. The minimum absolute atomic E-state index is 0.962. The average molecular weight is 224 g/mol. The molecule has 0 atom stereocenters. The van der Waals surface area contributed by atoms with Crippen LogP contribution in [-0.2, 0) is 0 Å². The van der Waals surface area contributed by atoms with Crippen molar-refractivity contribution in [2.75, 3.05) is 0 Å². The highest BCUT2D eigenvalue weighted by Gasteiger charge is 2.09. The van der Waals surface area contributed by atoms with Crippen LogP contribution in [0.2, 0.25) is 0 Å². The molecule has 0 radical (unpaired) electrons. The summed E-state index contributed by atoms with van der Waals surface area (Å²) >= 11 is 0. The predicted molar refractivity (Wildman–Crippen MR) is 65.9 cm³/mol. The third-order valence-electron chi connectivity index (χ3n) is 2.72. The molecule has 0 bridgehead atoms. The Kier molecular flexibility index (Phi) is 2.26. The fourth-order valence-electron chi connectivity index (χ4n) is 1.89. The first-order valence-electron chi connectivity index (χ1n) is 5.46. The molecule has 3 rings (SSSR count). The topological polar surface area (TPSA) is 46.5 Å². The van der Waals surface area contributed by atoms with Crippen molar-refractivity contribution in [3.8, 4) is 17.1 Å². The summed E-state index contributed by atoms with van der Waals surface area (Å²) in [5, 5.41) is 4.36. The van der Waals surface area contributed by atoms with Gasteiger partial charge in [0.05, 0.1) is 29.0 Å². The van der Waals surface area contributed by atoms with Gasteiger partial charge in [-0.25, -0.2) is 4.68 Å². The summed E-state index contributed by atoms with van der Waals surface area (Å²) in [5.74, 6) is 0. The number of aryl methyl sites for hydroxylation is 1. The highest BCUT2D eigenvalue weighted by atomic mass is 15.3. The number of rotatable bonds is 2. The van der Waals surface area contributed by atoms with Gasteiger partial charge < -0.3 is 4.98 Å². The van der Waals surface area contributed by atoms with E-state index in [1.54, 1.807) is 12.4 Å². The van der Waals surface area contributed by atoms with E-state index in [1.807, 2.05) is 48.1 Å². The second-order valence-corrected chi connectivity index (χ2v) is 3.82. The lowest BCUT2D eigenvalue weighted by molar-refractivity contribution is 0.866. The van der Waals surface area contributed by atoms with Gasteiger partial charge in [0.15, 0.2) is 0 Å². The van der Waals surface area contributed by atoms with E-state index in [-0.39, 0.29) is 0 Å². The molecule has 0 aromatic carbocycles. The van der Waals surface area contributed by atoms with Gasteiger partial charge in [-0.2, -0.15) is 5.10 Å². The van der Waals surface area contributed by atoms with E-state index in [2.05, 4.69) is 15.1 Å². The molecule has 1 N–H and O–H groups in total. The molecule has 0 unspecified atom stereocenters. The highest BCUT2D eigenvalue weighted by Crippen LogP contribution is 2.21. The van der Waals surface area contributed by atoms with Crippen LogP contribution >= 0.6 is 0 Å². The molecule has 4 nitrogen and oxygen atoms in total. The fraction of sp³-hybridized carbons (Fsp3) is 0.0769. The van der Waals surface area contributed by atoms with Gasteiger partial charge in [-0.3, -0.25) is 4.98 Å². The number of nitrogens with zero attached hydrogens (tertiary/aromatic N) is 3. The summed E-state index contributed by atoms with van der Waals surface area (Å²) in [6.45, 7) is 1.98. The zero-order valence-electron chi connectivity index (χ0n) is 9.46. The van der Waals surface area contributed by atoms with Crippen LogP contribution in [0.1, 0.15) is 5.69 Å². The van der Waals surface area contributed by atoms with Gasteiger partial charge in [0.1, 0.15) is 0 Å². The van der Waals surface area contributed by atoms with Crippen molar-refractivity contribution in [2.24, 2.45) is 0 Å². The van der Waals surface area contributed by atoms with Crippen molar-refractivity contribution in [2.45, 2.75) is 6.92 Å². The van der Waals surface area contributed by atoms with Crippen molar-refractivity contribution in [1.82, 2.24) is 19.7 Å². The van der Waals surface area contributed by atoms with Gasteiger partial charge >= 0.3 is 0 Å². The van der Waals surface area contributed by atoms with Gasteiger partial charge in [-0.1, -0.05) is 0 Å². The van der Waals surface area contributed by atoms with E-state index in [4.69, 9.17) is 0 Å². The SMILES string of the molecule is Cc1ncccc1-n1nccc1-c1ccc[nH]1. The molecule has 0 fully saturated rings. The summed E-state index contributed by atoms with van der Waals surface area (Å²) in [7, 11) is 0. The molecule has 0 spiro atoms. The maximum absolute atomic E-state index is 4.36. The van der Waals surface area contributed by atoms with Crippen molar-refractivity contribution in [3.05, 3.63) is 54.6 Å². The van der Waals surface area contributed by atoms with E-state index < -0.39 is 0 Å². The largest absolute Gasteiger partial charge is 0.360 e. The summed E-state index contributed by atoms with van der Waals surface area (Å²) in [4.78, 5) is 7.47. The summed E-state index contributed by atoms with van der Waals surface area (Å²) in [6.07, 6.45) is 5.49. The Morgan fingerprint density at radius 1 is 1.12 bits per heavy atom. The van der Waals surface area contributed by atoms with E-state index in [9.17, 15) is 0 Å². The average Bonchev–Trinajstić information content (AvgIpc) is 3.00. The standard InChI is InChI=1S/C13H12N4/c1-10-12(5-3-7-14-10)17-13(6-9-16-17)11-4-2-8-15-11/h2-9,15H,1H3. The first-order chi connectivity index (χ1) is 8.36. The number of hydrogen-bond acceptors (Lipinski definition) is 2. The second-order valence-electron chi connectivity index (χ2n) is 3.82. The predicted octanol–water partition coefficient (Wildman–Crippen LogP) is 2.57. The van der Waals surface area contributed by atoms with Gasteiger partial charge in [0, 0.05) is 12.4 Å². The van der Waals surface area contributed by atoms with E-state index in [0.717, 1.165) is 22.8 Å². The van der Waals surface area contributed by atoms with Gasteiger partial charge in [-0.05, 0) is 37.3 Å². The van der Waals surface area contributed by atoms with Gasteiger partial charge in [0.25, 0.3) is 0 Å². The van der Waals surface area contributed by atoms with Gasteiger partial charge in [-0.15, -0.1) is 0 Å². The van der Waals surface area contributed by atoms with E-state index in [0.29, 0.717) is 0 Å². The zero-order chi connectivity index (χ0) is 11.7. The van der Waals surface area contributed by atoms with Crippen molar-refractivity contribution in [3.63, 3.8) is 0 Å². The molecule has 0 saturated heterocycles. The Balaban J connectivity index is 2.17. The molecular weight excluding hydrogens is 212 g/mol. The lowest BCUT2D eigenvalue weighted by Gasteiger charge is -2.08. The number of H-pyrrole nitrogens is 1. The van der Waals surface area contributed by atoms with Gasteiger partial charge in [0.2, 0.25) is 0 Å². The summed E-state index contributed by atoms with van der Waals surface area (Å²) in [6, 6.07) is 9.92. The number of aromatic nitrogens is 4. The molecule has 3 aromatic heterocycles. The van der Waals surface area contributed by atoms with Crippen LogP contribution in [0.3, 0.4) is 0 Å². The minimum Gasteiger partial charge on any atom is -0.360 e. The molecule has 0 saturated carbocycles. The van der Waals surface area contributed by atoms with Crippen molar-refractivity contribution in [1.29, 1.82) is 0 Å². The van der Waals surface area contributed by atoms with Crippen LogP contribution in [-0.4, -0.2) is 19.7 Å². The normalized spacial score (nSPS) is 10.6. The quantitative estimate of drug-likeness (QED) is 0.727. The molecule has 0 amide bonds. The molecule has 4 heteroatoms. The maximum Gasteiger partial charge on any atom is 0.0903 e. The Labute approximate surface area is 98.9 Å². The fourth-order valence-corrected chi connectivity index (χ4v) is 1.89. The highest BCUT2D eigenvalue weighted by molar-refractivity contribution is 5.58. The van der Waals surface area contributed by atoms with E-state index in [1.165, 1.54) is 0 Å².